The quantitative estimate of drug-likeness (QED) is 0.188. The van der Waals surface area contributed by atoms with Crippen LogP contribution in [-0.2, 0) is 0 Å². The van der Waals surface area contributed by atoms with E-state index in [0.717, 1.165) is 0 Å². The van der Waals surface area contributed by atoms with Crippen LogP contribution < -0.4 is 4.90 Å². The van der Waals surface area contributed by atoms with Crippen molar-refractivity contribution in [3.63, 3.8) is 0 Å². The van der Waals surface area contributed by atoms with Crippen molar-refractivity contribution in [3.8, 4) is 11.1 Å². The van der Waals surface area contributed by atoms with Crippen molar-refractivity contribution in [3.05, 3.63) is 176 Å². The average Bonchev–Trinajstić information content (AvgIpc) is 3.54. The normalized spacial score (nSPS) is 11.8. The van der Waals surface area contributed by atoms with E-state index in [0.29, 0.717) is 0 Å². The highest BCUT2D eigenvalue weighted by atomic mass is 32.1. The van der Waals surface area contributed by atoms with Crippen LogP contribution in [0.4, 0.5) is 17.1 Å². The highest BCUT2D eigenvalue weighted by molar-refractivity contribution is 7.27. The van der Waals surface area contributed by atoms with Crippen LogP contribution in [0.15, 0.2) is 176 Å². The van der Waals surface area contributed by atoms with Crippen molar-refractivity contribution in [1.82, 2.24) is 0 Å². The van der Waals surface area contributed by atoms with Gasteiger partial charge in [0.15, 0.2) is 0 Å². The summed E-state index contributed by atoms with van der Waals surface area (Å²) in [5.74, 6) is 0. The summed E-state index contributed by atoms with van der Waals surface area (Å²) in [7, 11) is 0. The molecule has 0 radical (unpaired) electrons. The van der Waals surface area contributed by atoms with Crippen molar-refractivity contribution < 1.29 is 0 Å². The number of rotatable bonds is 4. The fraction of sp³-hybridized carbons (Fsp3) is 0. The molecule has 0 bridgehead atoms. The van der Waals surface area contributed by atoms with Crippen LogP contribution in [0.1, 0.15) is 0 Å². The van der Waals surface area contributed by atoms with Gasteiger partial charge in [-0.15, -0.1) is 11.3 Å². The number of anilines is 3. The lowest BCUT2D eigenvalue weighted by molar-refractivity contribution is 1.33. The van der Waals surface area contributed by atoms with Gasteiger partial charge in [0.1, 0.15) is 0 Å². The molecule has 0 spiro atoms. The van der Waals surface area contributed by atoms with Crippen molar-refractivity contribution >= 4 is 91.7 Å². The van der Waals surface area contributed by atoms with Crippen LogP contribution >= 0.6 is 11.3 Å². The molecule has 48 heavy (non-hydrogen) atoms. The summed E-state index contributed by atoms with van der Waals surface area (Å²) in [5, 5.41) is 12.6. The summed E-state index contributed by atoms with van der Waals surface area (Å²) in [4.78, 5) is 2.50. The van der Waals surface area contributed by atoms with Gasteiger partial charge in [-0.25, -0.2) is 0 Å². The molecule has 0 aliphatic carbocycles. The molecular weight excluding hydrogens is 599 g/mol. The second kappa shape index (κ2) is 10.8. The monoisotopic (exact) mass is 627 g/mol. The molecular formula is C46H29NS. The van der Waals surface area contributed by atoms with Gasteiger partial charge >= 0.3 is 0 Å². The first kappa shape index (κ1) is 27.2. The second-order valence-electron chi connectivity index (χ2n) is 12.5. The number of benzene rings is 9. The summed E-state index contributed by atoms with van der Waals surface area (Å²) in [6.45, 7) is 0. The number of nitrogens with zero attached hydrogens (tertiary/aromatic N) is 1. The Balaban J connectivity index is 1.31. The smallest absolute Gasteiger partial charge is 0.0640 e. The van der Waals surface area contributed by atoms with E-state index in [4.69, 9.17) is 0 Å². The number of fused-ring (bicyclic) bond motifs is 8. The van der Waals surface area contributed by atoms with E-state index >= 15 is 0 Å². The Morgan fingerprint density at radius 1 is 0.292 bits per heavy atom. The Bertz CT molecular complexity index is 2770. The van der Waals surface area contributed by atoms with Gasteiger partial charge in [0.25, 0.3) is 0 Å². The Labute approximate surface area is 282 Å². The van der Waals surface area contributed by atoms with Gasteiger partial charge in [-0.3, -0.25) is 0 Å². The lowest BCUT2D eigenvalue weighted by Crippen LogP contribution is -2.11. The average molecular weight is 628 g/mol. The van der Waals surface area contributed by atoms with Crippen molar-refractivity contribution in [2.75, 3.05) is 4.90 Å². The zero-order chi connectivity index (χ0) is 31.6. The minimum atomic E-state index is 1.18. The molecule has 10 aromatic rings. The maximum absolute atomic E-state index is 2.50. The lowest BCUT2D eigenvalue weighted by Gasteiger charge is -2.28. The topological polar surface area (TPSA) is 3.24 Å². The molecule has 2 heteroatoms. The van der Waals surface area contributed by atoms with Crippen molar-refractivity contribution in [1.29, 1.82) is 0 Å². The minimum Gasteiger partial charge on any atom is -0.308 e. The minimum absolute atomic E-state index is 1.18. The van der Waals surface area contributed by atoms with Gasteiger partial charge in [-0.2, -0.15) is 0 Å². The highest BCUT2D eigenvalue weighted by Crippen LogP contribution is 2.50. The molecule has 0 saturated carbocycles. The largest absolute Gasteiger partial charge is 0.308 e. The molecule has 10 rings (SSSR count). The molecule has 1 heterocycles. The number of hydrogen-bond donors (Lipinski definition) is 0. The zero-order valence-corrected chi connectivity index (χ0v) is 26.9. The highest BCUT2D eigenvalue weighted by Gasteiger charge is 2.22. The third kappa shape index (κ3) is 4.10. The first-order chi connectivity index (χ1) is 23.8. The van der Waals surface area contributed by atoms with E-state index in [-0.39, 0.29) is 0 Å². The van der Waals surface area contributed by atoms with Gasteiger partial charge in [0.2, 0.25) is 0 Å². The molecule has 1 aromatic heterocycles. The van der Waals surface area contributed by atoms with Crippen molar-refractivity contribution in [2.45, 2.75) is 0 Å². The van der Waals surface area contributed by atoms with Gasteiger partial charge in [-0.05, 0) is 62.3 Å². The van der Waals surface area contributed by atoms with E-state index in [1.807, 2.05) is 11.3 Å². The van der Waals surface area contributed by atoms with Gasteiger partial charge in [0.05, 0.1) is 21.8 Å². The molecule has 0 unspecified atom stereocenters. The second-order valence-corrected chi connectivity index (χ2v) is 13.5. The van der Waals surface area contributed by atoms with Crippen LogP contribution in [0.3, 0.4) is 0 Å². The first-order valence-electron chi connectivity index (χ1n) is 16.4. The molecule has 0 fully saturated rings. The Kier molecular flexibility index (Phi) is 6.12. The molecule has 1 nitrogen and oxygen atoms in total. The van der Waals surface area contributed by atoms with Crippen LogP contribution in [0, 0.1) is 0 Å². The van der Waals surface area contributed by atoms with Crippen LogP contribution in [0.25, 0.3) is 74.4 Å². The predicted molar refractivity (Wildman–Crippen MR) is 209 cm³/mol. The maximum Gasteiger partial charge on any atom is 0.0640 e. The third-order valence-electron chi connectivity index (χ3n) is 9.82. The van der Waals surface area contributed by atoms with E-state index in [2.05, 4.69) is 181 Å². The zero-order valence-electron chi connectivity index (χ0n) is 26.1. The van der Waals surface area contributed by atoms with Gasteiger partial charge in [-0.1, -0.05) is 152 Å². The SMILES string of the molecule is c1ccc2c(-c3cc4c5cccc(N(c6cccc7ccccc67)c6cccc7ccccc67)c5sc4c4ccccc34)cccc2c1. The summed E-state index contributed by atoms with van der Waals surface area (Å²) in [5.41, 5.74) is 6.10. The van der Waals surface area contributed by atoms with E-state index < -0.39 is 0 Å². The lowest BCUT2D eigenvalue weighted by atomic mass is 9.92. The molecule has 224 valence electrons. The van der Waals surface area contributed by atoms with Crippen LogP contribution in [0.2, 0.25) is 0 Å². The van der Waals surface area contributed by atoms with Crippen LogP contribution in [0.5, 0.6) is 0 Å². The van der Waals surface area contributed by atoms with E-state index in [9.17, 15) is 0 Å². The number of thiophene rings is 1. The Morgan fingerprint density at radius 2 is 0.729 bits per heavy atom. The summed E-state index contributed by atoms with van der Waals surface area (Å²) in [6.07, 6.45) is 0. The fourth-order valence-corrected chi connectivity index (χ4v) is 8.98. The summed E-state index contributed by atoms with van der Waals surface area (Å²) in [6, 6.07) is 64.4. The molecule has 0 atom stereocenters. The summed E-state index contributed by atoms with van der Waals surface area (Å²) >= 11 is 1.91. The maximum atomic E-state index is 2.50. The fourth-order valence-electron chi connectivity index (χ4n) is 7.66. The van der Waals surface area contributed by atoms with E-state index in [1.165, 1.54) is 91.5 Å². The van der Waals surface area contributed by atoms with Crippen LogP contribution in [-0.4, -0.2) is 0 Å². The molecule has 0 saturated heterocycles. The standard InChI is InChI=1S/C46H29NS/c1-4-19-33-30(13-1)16-9-24-36(33)40-29-41-39-25-12-28-44(46(39)48-45(41)38-23-8-7-22-37(38)40)47(42-26-10-17-31-14-2-5-20-34(31)42)43-27-11-18-32-15-3-6-21-35(32)43/h1-29H. The Morgan fingerprint density at radius 3 is 1.40 bits per heavy atom. The molecule has 0 amide bonds. The van der Waals surface area contributed by atoms with Gasteiger partial charge in [0, 0.05) is 31.6 Å². The first-order valence-corrected chi connectivity index (χ1v) is 17.3. The van der Waals surface area contributed by atoms with Crippen molar-refractivity contribution in [2.24, 2.45) is 0 Å². The predicted octanol–water partition coefficient (Wildman–Crippen LogP) is 13.8. The molecule has 0 aliphatic rings. The molecule has 0 N–H and O–H groups in total. The summed E-state index contributed by atoms with van der Waals surface area (Å²) < 4.78 is 2.61. The third-order valence-corrected chi connectivity index (χ3v) is 11.1. The molecule has 9 aromatic carbocycles. The number of hydrogen-bond acceptors (Lipinski definition) is 2. The Hall–Kier alpha value is -5.96. The van der Waals surface area contributed by atoms with Gasteiger partial charge < -0.3 is 4.90 Å². The molecule has 0 aliphatic heterocycles. The van der Waals surface area contributed by atoms with E-state index in [1.54, 1.807) is 0 Å².